The van der Waals surface area contributed by atoms with Gasteiger partial charge in [-0.05, 0) is 101 Å². The molecule has 0 radical (unpaired) electrons. The fraction of sp³-hybridized carbons (Fsp3) is 0.559. The Morgan fingerprint density at radius 2 is 1.63 bits per heavy atom. The summed E-state index contributed by atoms with van der Waals surface area (Å²) in [4.78, 5) is 42.4. The van der Waals surface area contributed by atoms with Crippen LogP contribution in [0.4, 0.5) is 5.82 Å². The summed E-state index contributed by atoms with van der Waals surface area (Å²) in [5, 5.41) is 0. The van der Waals surface area contributed by atoms with Gasteiger partial charge in [-0.1, -0.05) is 0 Å². The minimum atomic E-state index is -0.173. The molecule has 3 aliphatic rings. The van der Waals surface area contributed by atoms with Gasteiger partial charge in [-0.25, -0.2) is 9.97 Å². The van der Waals surface area contributed by atoms with Crippen LogP contribution in [-0.2, 0) is 14.3 Å². The van der Waals surface area contributed by atoms with E-state index in [4.69, 9.17) is 28.8 Å². The lowest BCUT2D eigenvalue weighted by Gasteiger charge is -2.35. The summed E-state index contributed by atoms with van der Waals surface area (Å²) in [5.41, 5.74) is 3.72. The van der Waals surface area contributed by atoms with E-state index >= 15 is 0 Å². The fourth-order valence-corrected chi connectivity index (χ4v) is 6.83. The standard InChI is InChI=1S/C34H42N4O5/c1-21-30(41-2)15-14-28(36-21)23-6-4-22(5-7-23)19-38(33(39)25-10-12-26(13-11-25)34(40)42-3)31-18-27(16-17-35-31)29-20-43-32(37-29)24-8-9-24/h14-18,20,22-26H,4-13,19H2,1-3H3. The van der Waals surface area contributed by atoms with Crippen LogP contribution >= 0.6 is 0 Å². The van der Waals surface area contributed by atoms with Crippen LogP contribution in [-0.4, -0.2) is 47.6 Å². The number of methoxy groups -OCH3 is 2. The minimum absolute atomic E-state index is 0.0985. The summed E-state index contributed by atoms with van der Waals surface area (Å²) in [6, 6.07) is 8.00. The largest absolute Gasteiger partial charge is 0.495 e. The number of hydrogen-bond acceptors (Lipinski definition) is 8. The molecule has 3 aromatic heterocycles. The quantitative estimate of drug-likeness (QED) is 0.258. The van der Waals surface area contributed by atoms with Crippen molar-refractivity contribution in [3.63, 3.8) is 0 Å². The van der Waals surface area contributed by atoms with Gasteiger partial charge in [0.2, 0.25) is 5.91 Å². The molecular formula is C34H42N4O5. The molecule has 0 saturated heterocycles. The van der Waals surface area contributed by atoms with Crippen LogP contribution in [0, 0.1) is 24.7 Å². The Morgan fingerprint density at radius 1 is 0.907 bits per heavy atom. The topological polar surface area (TPSA) is 108 Å². The maximum absolute atomic E-state index is 14.2. The van der Waals surface area contributed by atoms with Crippen molar-refractivity contribution in [2.24, 2.45) is 17.8 Å². The van der Waals surface area contributed by atoms with E-state index in [9.17, 15) is 9.59 Å². The molecule has 9 nitrogen and oxygen atoms in total. The van der Waals surface area contributed by atoms with E-state index in [-0.39, 0.29) is 23.7 Å². The molecule has 3 heterocycles. The van der Waals surface area contributed by atoms with E-state index in [1.54, 1.807) is 19.6 Å². The molecule has 228 valence electrons. The van der Waals surface area contributed by atoms with Gasteiger partial charge in [0.25, 0.3) is 0 Å². The molecule has 3 aliphatic carbocycles. The zero-order valence-electron chi connectivity index (χ0n) is 25.5. The van der Waals surface area contributed by atoms with Crippen LogP contribution in [0.5, 0.6) is 5.75 Å². The second-order valence-electron chi connectivity index (χ2n) is 12.5. The predicted molar refractivity (Wildman–Crippen MR) is 162 cm³/mol. The summed E-state index contributed by atoms with van der Waals surface area (Å²) < 4.78 is 16.1. The molecule has 0 aliphatic heterocycles. The molecule has 0 aromatic carbocycles. The summed E-state index contributed by atoms with van der Waals surface area (Å²) in [5.74, 6) is 3.14. The molecule has 0 N–H and O–H groups in total. The third kappa shape index (κ3) is 6.60. The van der Waals surface area contributed by atoms with E-state index in [0.29, 0.717) is 55.8 Å². The van der Waals surface area contributed by atoms with Crippen molar-refractivity contribution in [1.82, 2.24) is 15.0 Å². The zero-order chi connectivity index (χ0) is 29.9. The Morgan fingerprint density at radius 3 is 2.30 bits per heavy atom. The average molecular weight is 587 g/mol. The molecule has 3 saturated carbocycles. The Kier molecular flexibility index (Phi) is 8.77. The lowest BCUT2D eigenvalue weighted by Crippen LogP contribution is -2.42. The number of hydrogen-bond donors (Lipinski definition) is 0. The molecule has 0 unspecified atom stereocenters. The van der Waals surface area contributed by atoms with Crippen LogP contribution in [0.2, 0.25) is 0 Å². The van der Waals surface area contributed by atoms with Gasteiger partial charge >= 0.3 is 5.97 Å². The van der Waals surface area contributed by atoms with Crippen molar-refractivity contribution in [2.45, 2.75) is 83.0 Å². The second kappa shape index (κ2) is 12.9. The van der Waals surface area contributed by atoms with Crippen LogP contribution < -0.4 is 9.64 Å². The van der Waals surface area contributed by atoms with Crippen molar-refractivity contribution in [3.05, 3.63) is 54.0 Å². The van der Waals surface area contributed by atoms with Gasteiger partial charge in [0.1, 0.15) is 23.5 Å². The number of anilines is 1. The van der Waals surface area contributed by atoms with E-state index in [0.717, 1.165) is 72.8 Å². The van der Waals surface area contributed by atoms with Gasteiger partial charge in [-0.15, -0.1) is 0 Å². The number of rotatable bonds is 9. The molecule has 0 atom stereocenters. The Hall–Kier alpha value is -3.75. The summed E-state index contributed by atoms with van der Waals surface area (Å²) >= 11 is 0. The maximum atomic E-state index is 14.2. The number of carbonyl (C=O) groups excluding carboxylic acids is 2. The summed E-state index contributed by atoms with van der Waals surface area (Å²) in [6.45, 7) is 2.61. The van der Waals surface area contributed by atoms with Gasteiger partial charge in [0.15, 0.2) is 5.89 Å². The molecule has 0 bridgehead atoms. The van der Waals surface area contributed by atoms with E-state index < -0.39 is 0 Å². The highest BCUT2D eigenvalue weighted by atomic mass is 16.5. The highest BCUT2D eigenvalue weighted by molar-refractivity contribution is 5.95. The van der Waals surface area contributed by atoms with Crippen molar-refractivity contribution < 1.29 is 23.5 Å². The lowest BCUT2D eigenvalue weighted by molar-refractivity contribution is -0.147. The molecule has 43 heavy (non-hydrogen) atoms. The third-order valence-electron chi connectivity index (χ3n) is 9.63. The molecule has 9 heteroatoms. The number of amides is 1. The van der Waals surface area contributed by atoms with Crippen molar-refractivity contribution in [2.75, 3.05) is 25.7 Å². The first-order chi connectivity index (χ1) is 20.9. The van der Waals surface area contributed by atoms with Crippen molar-refractivity contribution in [1.29, 1.82) is 0 Å². The van der Waals surface area contributed by atoms with Gasteiger partial charge in [-0.3, -0.25) is 19.5 Å². The smallest absolute Gasteiger partial charge is 0.308 e. The number of esters is 1. The second-order valence-corrected chi connectivity index (χ2v) is 12.5. The monoisotopic (exact) mass is 586 g/mol. The summed E-state index contributed by atoms with van der Waals surface area (Å²) in [7, 11) is 3.11. The Bertz CT molecular complexity index is 1430. The first-order valence-corrected chi connectivity index (χ1v) is 15.8. The van der Waals surface area contributed by atoms with Crippen molar-refractivity contribution in [3.8, 4) is 17.0 Å². The van der Waals surface area contributed by atoms with E-state index in [2.05, 4.69) is 6.07 Å². The van der Waals surface area contributed by atoms with Gasteiger partial charge in [-0.2, -0.15) is 0 Å². The highest BCUT2D eigenvalue weighted by Crippen LogP contribution is 2.41. The van der Waals surface area contributed by atoms with Crippen LogP contribution in [0.15, 0.2) is 41.1 Å². The van der Waals surface area contributed by atoms with E-state index in [1.165, 1.54) is 7.11 Å². The number of pyridine rings is 2. The third-order valence-corrected chi connectivity index (χ3v) is 9.63. The number of carbonyl (C=O) groups is 2. The van der Waals surface area contributed by atoms with Crippen molar-refractivity contribution >= 4 is 17.7 Å². The van der Waals surface area contributed by atoms with Crippen LogP contribution in [0.25, 0.3) is 11.3 Å². The number of aryl methyl sites for hydroxylation is 1. The SMILES string of the molecule is COC(=O)C1CCC(C(=O)N(CC2CCC(c3ccc(OC)c(C)n3)CC2)c2cc(-c3coc(C4CC4)n3)ccn2)CC1. The fourth-order valence-electron chi connectivity index (χ4n) is 6.83. The first-order valence-electron chi connectivity index (χ1n) is 15.8. The average Bonchev–Trinajstić information content (AvgIpc) is 3.79. The molecule has 1 amide bonds. The van der Waals surface area contributed by atoms with E-state index in [1.807, 2.05) is 30.0 Å². The number of oxazole rings is 1. The molecule has 3 fully saturated rings. The summed E-state index contributed by atoms with van der Waals surface area (Å²) in [6.07, 6.45) is 12.5. The minimum Gasteiger partial charge on any atom is -0.495 e. The number of ether oxygens (including phenoxy) is 2. The first kappa shape index (κ1) is 29.3. The normalized spacial score (nSPS) is 23.9. The van der Waals surface area contributed by atoms with Gasteiger partial charge in [0, 0.05) is 41.8 Å². The van der Waals surface area contributed by atoms with Gasteiger partial charge in [0.05, 0.1) is 25.8 Å². The lowest BCUT2D eigenvalue weighted by atomic mass is 9.79. The zero-order valence-corrected chi connectivity index (χ0v) is 25.5. The molecule has 0 spiro atoms. The molecule has 6 rings (SSSR count). The number of nitrogens with zero attached hydrogens (tertiary/aromatic N) is 4. The molecular weight excluding hydrogens is 544 g/mol. The maximum Gasteiger partial charge on any atom is 0.308 e. The highest BCUT2D eigenvalue weighted by Gasteiger charge is 2.35. The Balaban J connectivity index is 1.19. The Labute approximate surface area is 253 Å². The van der Waals surface area contributed by atoms with Gasteiger partial charge < -0.3 is 13.9 Å². The number of aromatic nitrogens is 3. The molecule has 3 aromatic rings. The van der Waals surface area contributed by atoms with Crippen LogP contribution in [0.1, 0.15) is 93.3 Å². The predicted octanol–water partition coefficient (Wildman–Crippen LogP) is 6.61. The van der Waals surface area contributed by atoms with Crippen LogP contribution in [0.3, 0.4) is 0 Å².